The smallest absolute Gasteiger partial charge is 0.200 e. The van der Waals surface area contributed by atoms with E-state index in [2.05, 4.69) is 64.4 Å². The van der Waals surface area contributed by atoms with Crippen molar-refractivity contribution >= 4 is 45.0 Å². The van der Waals surface area contributed by atoms with E-state index in [4.69, 9.17) is 5.73 Å². The van der Waals surface area contributed by atoms with Crippen molar-refractivity contribution in [1.29, 1.82) is 0 Å². The van der Waals surface area contributed by atoms with Crippen LogP contribution in [0.15, 0.2) is 56.8 Å². The van der Waals surface area contributed by atoms with Crippen LogP contribution in [0.4, 0.5) is 11.4 Å². The average molecular weight is 378 g/mol. The number of aryl methyl sites for hydroxylation is 1. The number of halogens is 1. The van der Waals surface area contributed by atoms with Gasteiger partial charge >= 0.3 is 0 Å². The topological polar surface area (TPSA) is 41.6 Å². The van der Waals surface area contributed by atoms with E-state index in [1.54, 1.807) is 18.8 Å². The highest BCUT2D eigenvalue weighted by molar-refractivity contribution is 9.10. The van der Waals surface area contributed by atoms with Crippen molar-refractivity contribution in [2.24, 2.45) is 10.7 Å². The Balaban J connectivity index is 2.60. The number of anilines is 2. The van der Waals surface area contributed by atoms with E-state index in [0.29, 0.717) is 5.96 Å². The van der Waals surface area contributed by atoms with Gasteiger partial charge in [0, 0.05) is 16.4 Å². The molecular formula is C17H20BrN3S. The molecule has 0 aliphatic heterocycles. The monoisotopic (exact) mass is 377 g/mol. The number of aliphatic imine (C=N–C) groups is 1. The van der Waals surface area contributed by atoms with Crippen LogP contribution in [-0.4, -0.2) is 19.3 Å². The average Bonchev–Trinajstić information content (AvgIpc) is 2.56. The molecule has 2 aromatic carbocycles. The van der Waals surface area contributed by atoms with Gasteiger partial charge in [-0.3, -0.25) is 9.89 Å². The highest BCUT2D eigenvalue weighted by Gasteiger charge is 2.17. The molecular weight excluding hydrogens is 358 g/mol. The number of nitrogens with two attached hydrogens (primary N) is 1. The molecule has 2 aromatic rings. The normalized spacial score (nSPS) is 11.5. The fraction of sp³-hybridized carbons (Fsp3) is 0.235. The van der Waals surface area contributed by atoms with Crippen molar-refractivity contribution in [3.63, 3.8) is 0 Å². The molecule has 3 nitrogen and oxygen atoms in total. The van der Waals surface area contributed by atoms with Crippen LogP contribution >= 0.6 is 27.7 Å². The number of rotatable bonds is 4. The Morgan fingerprint density at radius 1 is 1.27 bits per heavy atom. The van der Waals surface area contributed by atoms with Crippen molar-refractivity contribution in [3.05, 3.63) is 52.5 Å². The lowest BCUT2D eigenvalue weighted by Crippen LogP contribution is -2.33. The summed E-state index contributed by atoms with van der Waals surface area (Å²) >= 11 is 5.34. The third kappa shape index (κ3) is 3.65. The molecule has 0 spiro atoms. The predicted octanol–water partition coefficient (Wildman–Crippen LogP) is 4.82. The third-order valence-corrected chi connectivity index (χ3v) is 4.83. The summed E-state index contributed by atoms with van der Waals surface area (Å²) < 4.78 is 0.992. The van der Waals surface area contributed by atoms with Gasteiger partial charge in [0.25, 0.3) is 0 Å². The van der Waals surface area contributed by atoms with Crippen molar-refractivity contribution in [2.45, 2.75) is 18.2 Å². The van der Waals surface area contributed by atoms with E-state index in [-0.39, 0.29) is 0 Å². The highest BCUT2D eigenvalue weighted by atomic mass is 79.9. The van der Waals surface area contributed by atoms with Crippen LogP contribution in [0.2, 0.25) is 0 Å². The van der Waals surface area contributed by atoms with Gasteiger partial charge in [0.15, 0.2) is 5.96 Å². The van der Waals surface area contributed by atoms with Gasteiger partial charge in [0.05, 0.1) is 11.4 Å². The zero-order valence-corrected chi connectivity index (χ0v) is 15.4. The lowest BCUT2D eigenvalue weighted by Gasteiger charge is -2.25. The van der Waals surface area contributed by atoms with E-state index in [9.17, 15) is 0 Å². The maximum atomic E-state index is 6.18. The summed E-state index contributed by atoms with van der Waals surface area (Å²) in [6.07, 6.45) is 3.04. The third-order valence-electron chi connectivity index (χ3n) is 3.43. The van der Waals surface area contributed by atoms with Crippen molar-refractivity contribution in [3.8, 4) is 0 Å². The summed E-state index contributed by atoms with van der Waals surface area (Å²) in [5, 5.41) is 0. The molecule has 0 aromatic heterocycles. The minimum absolute atomic E-state index is 0.465. The molecule has 0 aliphatic rings. The molecule has 2 N–H and O–H groups in total. The van der Waals surface area contributed by atoms with Crippen LogP contribution in [0.5, 0.6) is 0 Å². The molecule has 0 heterocycles. The maximum absolute atomic E-state index is 6.18. The predicted molar refractivity (Wildman–Crippen MR) is 101 cm³/mol. The van der Waals surface area contributed by atoms with E-state index < -0.39 is 0 Å². The Morgan fingerprint density at radius 2 is 2.05 bits per heavy atom. The van der Waals surface area contributed by atoms with Gasteiger partial charge in [0.2, 0.25) is 0 Å². The molecule has 5 heteroatoms. The summed E-state index contributed by atoms with van der Waals surface area (Å²) in [5.74, 6) is 0.465. The van der Waals surface area contributed by atoms with Gasteiger partial charge in [0.1, 0.15) is 0 Å². The molecule has 0 saturated heterocycles. The molecule has 116 valence electrons. The molecule has 0 amide bonds. The SMILES string of the molecule is CCc1ccc(Br)c(N(C(N)=NC)c2cccc(SC)c2)c1. The Labute approximate surface area is 144 Å². The first-order valence-electron chi connectivity index (χ1n) is 7.05. The largest absolute Gasteiger partial charge is 0.369 e. The first kappa shape index (κ1) is 16.9. The lowest BCUT2D eigenvalue weighted by molar-refractivity contribution is 1.13. The zero-order chi connectivity index (χ0) is 16.1. The zero-order valence-electron chi connectivity index (χ0n) is 13.0. The number of nitrogens with zero attached hydrogens (tertiary/aromatic N) is 2. The summed E-state index contributed by atoms with van der Waals surface area (Å²) in [4.78, 5) is 7.35. The van der Waals surface area contributed by atoms with E-state index in [0.717, 1.165) is 22.3 Å². The quantitative estimate of drug-likeness (QED) is 0.471. The van der Waals surface area contributed by atoms with Crippen LogP contribution in [-0.2, 0) is 6.42 Å². The molecule has 0 saturated carbocycles. The second-order valence-corrected chi connectivity index (χ2v) is 6.49. The second kappa shape index (κ2) is 7.70. The lowest BCUT2D eigenvalue weighted by atomic mass is 10.1. The summed E-state index contributed by atoms with van der Waals surface area (Å²) in [6.45, 7) is 2.14. The van der Waals surface area contributed by atoms with E-state index in [1.165, 1.54) is 10.5 Å². The minimum atomic E-state index is 0.465. The Hall–Kier alpha value is -1.46. The van der Waals surface area contributed by atoms with Crippen LogP contribution in [0, 0.1) is 0 Å². The number of hydrogen-bond acceptors (Lipinski definition) is 2. The van der Waals surface area contributed by atoms with E-state index >= 15 is 0 Å². The van der Waals surface area contributed by atoms with Gasteiger partial charge in [-0.15, -0.1) is 11.8 Å². The molecule has 0 atom stereocenters. The second-order valence-electron chi connectivity index (χ2n) is 4.76. The van der Waals surface area contributed by atoms with Crippen molar-refractivity contribution < 1.29 is 0 Å². The van der Waals surface area contributed by atoms with Crippen molar-refractivity contribution in [1.82, 2.24) is 0 Å². The Morgan fingerprint density at radius 3 is 2.68 bits per heavy atom. The molecule has 22 heavy (non-hydrogen) atoms. The van der Waals surface area contributed by atoms with Crippen LogP contribution < -0.4 is 10.6 Å². The maximum Gasteiger partial charge on any atom is 0.200 e. The highest BCUT2D eigenvalue weighted by Crippen LogP contribution is 2.34. The fourth-order valence-electron chi connectivity index (χ4n) is 2.19. The molecule has 2 rings (SSSR count). The fourth-order valence-corrected chi connectivity index (χ4v) is 3.07. The summed E-state index contributed by atoms with van der Waals surface area (Å²) in [7, 11) is 1.71. The number of thioether (sulfide) groups is 1. The summed E-state index contributed by atoms with van der Waals surface area (Å²) in [6, 6.07) is 14.6. The van der Waals surface area contributed by atoms with E-state index in [1.807, 2.05) is 17.0 Å². The molecule has 0 radical (unpaired) electrons. The number of guanidine groups is 1. The van der Waals surface area contributed by atoms with Crippen LogP contribution in [0.3, 0.4) is 0 Å². The number of hydrogen-bond donors (Lipinski definition) is 1. The minimum Gasteiger partial charge on any atom is -0.369 e. The standard InChI is InChI=1S/C17H20BrN3S/c1-4-12-8-9-15(18)16(10-12)21(17(19)20-2)13-6-5-7-14(11-13)22-3/h5-11H,4H2,1-3H3,(H2,19,20). The van der Waals surface area contributed by atoms with Gasteiger partial charge < -0.3 is 5.73 Å². The van der Waals surface area contributed by atoms with Gasteiger partial charge in [-0.1, -0.05) is 19.1 Å². The van der Waals surface area contributed by atoms with Crippen molar-refractivity contribution in [2.75, 3.05) is 18.2 Å². The Bertz CT molecular complexity index is 685. The summed E-state index contributed by atoms with van der Waals surface area (Å²) in [5.41, 5.74) is 9.44. The van der Waals surface area contributed by atoms with Gasteiger partial charge in [-0.25, -0.2) is 0 Å². The first-order valence-corrected chi connectivity index (χ1v) is 9.07. The van der Waals surface area contributed by atoms with Gasteiger partial charge in [-0.2, -0.15) is 0 Å². The first-order chi connectivity index (χ1) is 10.6. The number of benzene rings is 2. The Kier molecular flexibility index (Phi) is 5.91. The molecule has 0 bridgehead atoms. The van der Waals surface area contributed by atoms with Gasteiger partial charge in [-0.05, 0) is 64.5 Å². The molecule has 0 fully saturated rings. The molecule has 0 aliphatic carbocycles. The van der Waals surface area contributed by atoms with Crippen LogP contribution in [0.25, 0.3) is 0 Å². The van der Waals surface area contributed by atoms with Crippen LogP contribution in [0.1, 0.15) is 12.5 Å². The molecule has 0 unspecified atom stereocenters.